The Labute approximate surface area is 218 Å². The number of nitrogens with one attached hydrogen (secondary N) is 2. The Kier molecular flexibility index (Phi) is 7.27. The number of piperidine rings is 1. The molecule has 1 aromatic carbocycles. The number of nitrogens with zero attached hydrogens (tertiary/aromatic N) is 3. The number of benzene rings is 1. The minimum atomic E-state index is -2.68. The molecular weight excluding hydrogens is 499 g/mol. The second-order valence-corrected chi connectivity index (χ2v) is 9.96. The number of hydrogen-bond acceptors (Lipinski definition) is 5. The van der Waals surface area contributed by atoms with Gasteiger partial charge < -0.3 is 19.9 Å². The van der Waals surface area contributed by atoms with Crippen LogP contribution in [0.5, 0.6) is 5.75 Å². The number of hydrogen-bond donors (Lipinski definition) is 2. The van der Waals surface area contributed by atoms with Crippen molar-refractivity contribution < 1.29 is 27.5 Å². The third kappa shape index (κ3) is 5.19. The van der Waals surface area contributed by atoms with Crippen LogP contribution >= 0.6 is 0 Å². The van der Waals surface area contributed by atoms with Gasteiger partial charge in [0.15, 0.2) is 0 Å². The minimum absolute atomic E-state index is 0.0685. The van der Waals surface area contributed by atoms with Crippen LogP contribution in [-0.2, 0) is 4.79 Å². The molecule has 2 aromatic heterocycles. The smallest absolute Gasteiger partial charge is 0.263 e. The average molecular weight is 530 g/mol. The fourth-order valence-corrected chi connectivity index (χ4v) is 4.85. The van der Waals surface area contributed by atoms with Crippen LogP contribution in [0.4, 0.5) is 13.2 Å². The van der Waals surface area contributed by atoms with E-state index in [9.17, 15) is 22.8 Å². The maximum atomic E-state index is 14.9. The summed E-state index contributed by atoms with van der Waals surface area (Å²) in [5.74, 6) is 0.254. The summed E-state index contributed by atoms with van der Waals surface area (Å²) in [4.78, 5) is 38.5. The molecule has 0 unspecified atom stereocenters. The first-order valence-corrected chi connectivity index (χ1v) is 12.9. The molecule has 1 saturated heterocycles. The average Bonchev–Trinajstić information content (AvgIpc) is 3.67. The van der Waals surface area contributed by atoms with E-state index in [1.54, 1.807) is 13.8 Å². The van der Waals surface area contributed by atoms with Gasteiger partial charge in [0.25, 0.3) is 12.3 Å². The lowest BCUT2D eigenvalue weighted by Crippen LogP contribution is -2.53. The SMILES string of the molecule is CCC(=O)N1CC[C@@H](NC(=O)c2c(C)[nH]c3c(-c4cc(C(F)F)ccc4OCC4CC4)ncnc23)[C@@H](F)C1. The summed E-state index contributed by atoms with van der Waals surface area (Å²) >= 11 is 0. The molecule has 38 heavy (non-hydrogen) atoms. The van der Waals surface area contributed by atoms with Gasteiger partial charge in [-0.25, -0.2) is 23.1 Å². The number of carbonyl (C=O) groups is 2. The molecule has 8 nitrogen and oxygen atoms in total. The standard InChI is InChI=1S/C27H30F3N5O3/c1-3-21(36)35-9-8-19(18(28)11-35)34-27(37)22-14(2)33-25-23(31-13-32-24(22)25)17-10-16(26(29)30)6-7-20(17)38-12-15-4-5-15/h6-7,10,13,15,18-19,26,33H,3-5,8-9,11-12H2,1-2H3,(H,34,37)/t18-,19+/m0/s1. The Balaban J connectivity index is 1.45. The summed E-state index contributed by atoms with van der Waals surface area (Å²) in [5, 5.41) is 2.76. The van der Waals surface area contributed by atoms with E-state index >= 15 is 0 Å². The van der Waals surface area contributed by atoms with Crippen LogP contribution in [0.15, 0.2) is 24.5 Å². The lowest BCUT2D eigenvalue weighted by Gasteiger charge is -2.35. The highest BCUT2D eigenvalue weighted by atomic mass is 19.3. The van der Waals surface area contributed by atoms with Crippen molar-refractivity contribution in [1.29, 1.82) is 0 Å². The van der Waals surface area contributed by atoms with Gasteiger partial charge in [-0.05, 0) is 50.3 Å². The molecule has 0 spiro atoms. The zero-order chi connectivity index (χ0) is 27.0. The Morgan fingerprint density at radius 3 is 2.71 bits per heavy atom. The van der Waals surface area contributed by atoms with E-state index in [4.69, 9.17) is 4.74 Å². The summed E-state index contributed by atoms with van der Waals surface area (Å²) in [5.41, 5.74) is 1.95. The topological polar surface area (TPSA) is 100 Å². The molecule has 1 aliphatic carbocycles. The van der Waals surface area contributed by atoms with Gasteiger partial charge in [0, 0.05) is 29.8 Å². The van der Waals surface area contributed by atoms with Gasteiger partial charge in [0.1, 0.15) is 29.5 Å². The van der Waals surface area contributed by atoms with Gasteiger partial charge in [0.2, 0.25) is 5.91 Å². The van der Waals surface area contributed by atoms with Gasteiger partial charge in [-0.3, -0.25) is 9.59 Å². The van der Waals surface area contributed by atoms with Crippen molar-refractivity contribution in [3.8, 4) is 17.0 Å². The Morgan fingerprint density at radius 2 is 2.03 bits per heavy atom. The summed E-state index contributed by atoms with van der Waals surface area (Å²) in [6.07, 6.45) is -0.0658. The zero-order valence-corrected chi connectivity index (χ0v) is 21.3. The molecule has 1 saturated carbocycles. The normalized spacial score (nSPS) is 19.7. The van der Waals surface area contributed by atoms with Crippen LogP contribution in [-0.4, -0.2) is 63.6 Å². The van der Waals surface area contributed by atoms with E-state index in [-0.39, 0.29) is 23.6 Å². The van der Waals surface area contributed by atoms with Gasteiger partial charge in [-0.15, -0.1) is 0 Å². The van der Waals surface area contributed by atoms with E-state index in [0.29, 0.717) is 65.6 Å². The van der Waals surface area contributed by atoms with Crippen molar-refractivity contribution in [3.05, 3.63) is 41.3 Å². The van der Waals surface area contributed by atoms with Crippen LogP contribution in [0.1, 0.15) is 60.6 Å². The molecule has 0 radical (unpaired) electrons. The third-order valence-electron chi connectivity index (χ3n) is 7.19. The van der Waals surface area contributed by atoms with Gasteiger partial charge in [0.05, 0.1) is 30.3 Å². The molecule has 5 rings (SSSR count). The molecular formula is C27H30F3N5O3. The van der Waals surface area contributed by atoms with Crippen molar-refractivity contribution in [1.82, 2.24) is 25.2 Å². The first-order valence-electron chi connectivity index (χ1n) is 12.9. The molecule has 2 atom stereocenters. The summed E-state index contributed by atoms with van der Waals surface area (Å²) in [7, 11) is 0. The van der Waals surface area contributed by atoms with Crippen molar-refractivity contribution >= 4 is 22.8 Å². The largest absolute Gasteiger partial charge is 0.493 e. The minimum Gasteiger partial charge on any atom is -0.493 e. The molecule has 1 aliphatic heterocycles. The highest BCUT2D eigenvalue weighted by Gasteiger charge is 2.33. The lowest BCUT2D eigenvalue weighted by atomic mass is 10.0. The fourth-order valence-electron chi connectivity index (χ4n) is 4.85. The Hall–Kier alpha value is -3.63. The maximum absolute atomic E-state index is 14.9. The number of likely N-dealkylation sites (tertiary alicyclic amines) is 1. The monoisotopic (exact) mass is 529 g/mol. The van der Waals surface area contributed by atoms with Crippen LogP contribution in [0.25, 0.3) is 22.3 Å². The molecule has 11 heteroatoms. The van der Waals surface area contributed by atoms with Crippen molar-refractivity contribution in [3.63, 3.8) is 0 Å². The first kappa shape index (κ1) is 26.0. The number of carbonyl (C=O) groups excluding carboxylic acids is 2. The molecule has 2 amide bonds. The summed E-state index contributed by atoms with van der Waals surface area (Å²) in [6, 6.07) is 3.46. The molecule has 3 heterocycles. The fraction of sp³-hybridized carbons (Fsp3) is 0.481. The first-order chi connectivity index (χ1) is 18.3. The molecule has 2 N–H and O–H groups in total. The number of rotatable bonds is 8. The van der Waals surface area contributed by atoms with Gasteiger partial charge >= 0.3 is 0 Å². The van der Waals surface area contributed by atoms with Crippen LogP contribution in [0.3, 0.4) is 0 Å². The molecule has 202 valence electrons. The van der Waals surface area contributed by atoms with Gasteiger partial charge in [-0.2, -0.15) is 0 Å². The third-order valence-corrected chi connectivity index (χ3v) is 7.19. The highest BCUT2D eigenvalue weighted by molar-refractivity contribution is 6.09. The number of amides is 2. The number of aromatic amines is 1. The number of ether oxygens (including phenoxy) is 1. The van der Waals surface area contributed by atoms with Crippen LogP contribution in [0, 0.1) is 12.8 Å². The second-order valence-electron chi connectivity index (χ2n) is 9.96. The van der Waals surface area contributed by atoms with E-state index < -0.39 is 24.5 Å². The van der Waals surface area contributed by atoms with Crippen molar-refractivity contribution in [2.24, 2.45) is 5.92 Å². The van der Waals surface area contributed by atoms with E-state index in [1.165, 1.54) is 29.4 Å². The lowest BCUT2D eigenvalue weighted by molar-refractivity contribution is -0.133. The number of halogens is 3. The number of H-pyrrole nitrogens is 1. The maximum Gasteiger partial charge on any atom is 0.263 e. The predicted octanol–water partition coefficient (Wildman–Crippen LogP) is 4.74. The van der Waals surface area contributed by atoms with Crippen LogP contribution in [0.2, 0.25) is 0 Å². The zero-order valence-electron chi connectivity index (χ0n) is 21.3. The number of alkyl halides is 3. The number of fused-ring (bicyclic) bond motifs is 1. The molecule has 3 aromatic rings. The molecule has 2 fully saturated rings. The number of aryl methyl sites for hydroxylation is 1. The predicted molar refractivity (Wildman–Crippen MR) is 135 cm³/mol. The highest BCUT2D eigenvalue weighted by Crippen LogP contribution is 2.38. The van der Waals surface area contributed by atoms with Crippen molar-refractivity contribution in [2.75, 3.05) is 19.7 Å². The van der Waals surface area contributed by atoms with E-state index in [0.717, 1.165) is 12.8 Å². The van der Waals surface area contributed by atoms with E-state index in [2.05, 4.69) is 20.3 Å². The molecule has 0 bridgehead atoms. The summed E-state index contributed by atoms with van der Waals surface area (Å²) < 4.78 is 47.9. The number of aromatic nitrogens is 3. The van der Waals surface area contributed by atoms with Crippen molar-refractivity contribution in [2.45, 2.75) is 58.2 Å². The molecule has 2 aliphatic rings. The quantitative estimate of drug-likeness (QED) is 0.439. The van der Waals surface area contributed by atoms with Crippen LogP contribution < -0.4 is 10.1 Å². The Morgan fingerprint density at radius 1 is 1.24 bits per heavy atom. The van der Waals surface area contributed by atoms with E-state index in [1.807, 2.05) is 0 Å². The summed E-state index contributed by atoms with van der Waals surface area (Å²) in [6.45, 7) is 4.20. The second kappa shape index (κ2) is 10.6. The Bertz CT molecular complexity index is 1360. The van der Waals surface area contributed by atoms with Gasteiger partial charge in [-0.1, -0.05) is 6.92 Å².